The molecule has 0 aliphatic heterocycles. The molecule has 0 atom stereocenters. The molecule has 0 spiro atoms. The lowest BCUT2D eigenvalue weighted by Gasteiger charge is -2.09. The van der Waals surface area contributed by atoms with Gasteiger partial charge in [-0.3, -0.25) is 0 Å². The summed E-state index contributed by atoms with van der Waals surface area (Å²) in [5.74, 6) is -1.35. The average molecular weight is 573 g/mol. The molecule has 0 bridgehead atoms. The molecule has 0 aliphatic rings. The van der Waals surface area contributed by atoms with Gasteiger partial charge in [-0.05, 0) is 72.7 Å². The summed E-state index contributed by atoms with van der Waals surface area (Å²) in [5, 5.41) is 0. The number of esters is 3. The van der Waals surface area contributed by atoms with Crippen molar-refractivity contribution in [3.63, 3.8) is 0 Å². The second kappa shape index (κ2) is 14.4. The Morgan fingerprint density at radius 2 is 1.34 bits per heavy atom. The van der Waals surface area contributed by atoms with E-state index in [4.69, 9.17) is 30.4 Å². The number of anilines is 2. The van der Waals surface area contributed by atoms with Crippen LogP contribution in [0.15, 0.2) is 72.8 Å². The lowest BCUT2D eigenvalue weighted by Crippen LogP contribution is -2.13. The minimum atomic E-state index is -4.23. The zero-order valence-electron chi connectivity index (χ0n) is 21.7. The number of halogens is 3. The molecular weight excluding hydrogens is 545 g/mol. The first-order chi connectivity index (χ1) is 19.5. The van der Waals surface area contributed by atoms with E-state index >= 15 is 0 Å². The fraction of sp³-hybridized carbons (Fsp3) is 0.207. The Hall–Kier alpha value is -5.00. The number of carbonyl (C=O) groups excluding carboxylic acids is 3. The summed E-state index contributed by atoms with van der Waals surface area (Å²) in [6.07, 6.45) is -2.65. The molecule has 0 heterocycles. The highest BCUT2D eigenvalue weighted by atomic mass is 19.4. The Bertz CT molecular complexity index is 1350. The van der Waals surface area contributed by atoms with E-state index in [1.807, 2.05) is 0 Å². The predicted octanol–water partition coefficient (Wildman–Crippen LogP) is 5.20. The van der Waals surface area contributed by atoms with Crippen molar-refractivity contribution in [2.24, 2.45) is 0 Å². The van der Waals surface area contributed by atoms with Gasteiger partial charge in [-0.15, -0.1) is 0 Å². The van der Waals surface area contributed by atoms with Crippen LogP contribution in [0.5, 0.6) is 11.5 Å². The Kier molecular flexibility index (Phi) is 10.7. The normalized spacial score (nSPS) is 11.2. The first kappa shape index (κ1) is 30.5. The van der Waals surface area contributed by atoms with Crippen LogP contribution in [0.1, 0.15) is 39.1 Å². The molecule has 3 aromatic carbocycles. The maximum atomic E-state index is 12.4. The number of nitrogens with two attached hydrogens (primary N) is 2. The quantitative estimate of drug-likeness (QED) is 0.0985. The number of nitrogen functional groups attached to an aromatic ring is 2. The molecule has 0 saturated heterocycles. The molecule has 4 N–H and O–H groups in total. The second-order valence-electron chi connectivity index (χ2n) is 8.58. The minimum Gasteiger partial charge on any atom is -0.494 e. The van der Waals surface area contributed by atoms with Crippen molar-refractivity contribution in [3.05, 3.63) is 89.5 Å². The van der Waals surface area contributed by atoms with E-state index in [1.54, 1.807) is 12.1 Å². The van der Waals surface area contributed by atoms with Crippen LogP contribution >= 0.6 is 0 Å². The Morgan fingerprint density at radius 3 is 1.98 bits per heavy atom. The molecule has 3 aromatic rings. The molecule has 0 aromatic heterocycles. The van der Waals surface area contributed by atoms with E-state index in [9.17, 15) is 27.6 Å². The molecule has 9 nitrogen and oxygen atoms in total. The van der Waals surface area contributed by atoms with Crippen LogP contribution in [0.25, 0.3) is 6.08 Å². The largest absolute Gasteiger partial charge is 0.494 e. The Morgan fingerprint density at radius 1 is 0.732 bits per heavy atom. The smallest absolute Gasteiger partial charge is 0.389 e. The summed E-state index contributed by atoms with van der Waals surface area (Å²) in [7, 11) is 0. The average Bonchev–Trinajstić information content (AvgIpc) is 2.92. The topological polar surface area (TPSA) is 140 Å². The van der Waals surface area contributed by atoms with E-state index in [0.717, 1.165) is 0 Å². The number of benzene rings is 3. The number of hydrogen-bond donors (Lipinski definition) is 2. The van der Waals surface area contributed by atoms with Crippen molar-refractivity contribution >= 4 is 35.4 Å². The van der Waals surface area contributed by atoms with Gasteiger partial charge < -0.3 is 30.4 Å². The number of ether oxygens (including phenoxy) is 4. The first-order valence-corrected chi connectivity index (χ1v) is 12.3. The van der Waals surface area contributed by atoms with Crippen molar-refractivity contribution < 1.29 is 46.5 Å². The van der Waals surface area contributed by atoms with E-state index in [0.29, 0.717) is 22.7 Å². The third kappa shape index (κ3) is 10.9. The van der Waals surface area contributed by atoms with Crippen molar-refractivity contribution in [2.75, 3.05) is 31.3 Å². The number of rotatable bonds is 12. The SMILES string of the molecule is Nc1cc(N)cc(C(=O)OCCOC(=O)/C=C/c2ccc(OC(=O)c3ccc(OCCCC(F)(F)F)cc3)cc2)c1. The molecule has 0 aliphatic carbocycles. The number of alkyl halides is 3. The van der Waals surface area contributed by atoms with Gasteiger partial charge in [0.2, 0.25) is 0 Å². The lowest BCUT2D eigenvalue weighted by molar-refractivity contribution is -0.139. The van der Waals surface area contributed by atoms with Crippen LogP contribution in [0.2, 0.25) is 0 Å². The monoisotopic (exact) mass is 572 g/mol. The van der Waals surface area contributed by atoms with E-state index in [1.165, 1.54) is 66.7 Å². The maximum Gasteiger partial charge on any atom is 0.389 e. The third-order valence-corrected chi connectivity index (χ3v) is 5.24. The molecule has 41 heavy (non-hydrogen) atoms. The number of carbonyl (C=O) groups is 3. The standard InChI is InChI=1S/C29H27F3N2O7/c30-29(31,32)12-1-13-38-24-9-5-20(6-10-24)28(37)41-25-7-2-19(3-8-25)4-11-26(35)39-14-15-40-27(36)21-16-22(33)18-23(34)17-21/h2-11,16-18H,1,12-15,33-34H2/b11-4+. The summed E-state index contributed by atoms with van der Waals surface area (Å²) >= 11 is 0. The van der Waals surface area contributed by atoms with Crippen LogP contribution < -0.4 is 20.9 Å². The lowest BCUT2D eigenvalue weighted by atomic mass is 10.2. The van der Waals surface area contributed by atoms with Gasteiger partial charge in [0.05, 0.1) is 17.7 Å². The van der Waals surface area contributed by atoms with E-state index in [2.05, 4.69) is 0 Å². The van der Waals surface area contributed by atoms with Crippen LogP contribution in [0.3, 0.4) is 0 Å². The highest BCUT2D eigenvalue weighted by Crippen LogP contribution is 2.22. The Labute approximate surface area is 233 Å². The highest BCUT2D eigenvalue weighted by molar-refractivity contribution is 5.92. The van der Waals surface area contributed by atoms with Crippen molar-refractivity contribution in [1.29, 1.82) is 0 Å². The molecule has 0 fully saturated rings. The van der Waals surface area contributed by atoms with E-state index < -0.39 is 30.5 Å². The molecular formula is C29H27F3N2O7. The van der Waals surface area contributed by atoms with Gasteiger partial charge in [0, 0.05) is 23.9 Å². The molecule has 0 amide bonds. The molecule has 216 valence electrons. The van der Waals surface area contributed by atoms with Crippen LogP contribution in [0, 0.1) is 0 Å². The van der Waals surface area contributed by atoms with Crippen LogP contribution in [-0.4, -0.2) is 43.9 Å². The zero-order chi connectivity index (χ0) is 29.8. The van der Waals surface area contributed by atoms with Gasteiger partial charge in [0.1, 0.15) is 24.7 Å². The summed E-state index contributed by atoms with van der Waals surface area (Å²) in [6, 6.07) is 16.5. The molecule has 0 unspecified atom stereocenters. The van der Waals surface area contributed by atoms with Gasteiger partial charge >= 0.3 is 24.1 Å². The number of hydrogen-bond acceptors (Lipinski definition) is 9. The van der Waals surface area contributed by atoms with Gasteiger partial charge in [0.15, 0.2) is 0 Å². The predicted molar refractivity (Wildman–Crippen MR) is 144 cm³/mol. The molecule has 0 saturated carbocycles. The van der Waals surface area contributed by atoms with Crippen molar-refractivity contribution in [1.82, 2.24) is 0 Å². The molecule has 0 radical (unpaired) electrons. The third-order valence-electron chi connectivity index (χ3n) is 5.24. The van der Waals surface area contributed by atoms with Crippen LogP contribution in [-0.2, 0) is 14.3 Å². The molecule has 3 rings (SSSR count). The van der Waals surface area contributed by atoms with Gasteiger partial charge in [-0.1, -0.05) is 12.1 Å². The fourth-order valence-corrected chi connectivity index (χ4v) is 3.33. The van der Waals surface area contributed by atoms with Gasteiger partial charge in [-0.2, -0.15) is 13.2 Å². The first-order valence-electron chi connectivity index (χ1n) is 12.3. The summed E-state index contributed by atoms with van der Waals surface area (Å²) < 4.78 is 57.1. The highest BCUT2D eigenvalue weighted by Gasteiger charge is 2.26. The summed E-state index contributed by atoms with van der Waals surface area (Å²) in [6.45, 7) is -0.420. The Balaban J connectivity index is 1.38. The van der Waals surface area contributed by atoms with Gasteiger partial charge in [0.25, 0.3) is 0 Å². The van der Waals surface area contributed by atoms with Gasteiger partial charge in [-0.25, -0.2) is 14.4 Å². The van der Waals surface area contributed by atoms with Crippen LogP contribution in [0.4, 0.5) is 24.5 Å². The summed E-state index contributed by atoms with van der Waals surface area (Å²) in [5.41, 5.74) is 13.0. The van der Waals surface area contributed by atoms with E-state index in [-0.39, 0.29) is 43.1 Å². The maximum absolute atomic E-state index is 12.4. The zero-order valence-corrected chi connectivity index (χ0v) is 21.7. The van der Waals surface area contributed by atoms with Crippen molar-refractivity contribution in [3.8, 4) is 11.5 Å². The molecule has 12 heteroatoms. The fourth-order valence-electron chi connectivity index (χ4n) is 3.33. The minimum absolute atomic E-state index is 0.0987. The summed E-state index contributed by atoms with van der Waals surface area (Å²) in [4.78, 5) is 36.3. The second-order valence-corrected chi connectivity index (χ2v) is 8.58. The van der Waals surface area contributed by atoms with Crippen molar-refractivity contribution in [2.45, 2.75) is 19.0 Å².